The minimum Gasteiger partial charge on any atom is -0.493 e. The molecule has 10 heteroatoms. The number of nitrogen functional groups attached to an aromatic ring is 2. The number of aliphatic hydroxyl groups is 2. The van der Waals surface area contributed by atoms with E-state index in [1.54, 1.807) is 18.2 Å². The third kappa shape index (κ3) is 15.7. The van der Waals surface area contributed by atoms with Crippen molar-refractivity contribution in [2.45, 2.75) is 134 Å². The van der Waals surface area contributed by atoms with Gasteiger partial charge in [-0.05, 0) is 141 Å². The second-order valence-corrected chi connectivity index (χ2v) is 17.0. The number of ether oxygens (including phenoxy) is 4. The highest BCUT2D eigenvalue weighted by Crippen LogP contribution is 2.33. The summed E-state index contributed by atoms with van der Waals surface area (Å²) in [4.78, 5) is 26.9. The van der Waals surface area contributed by atoms with Gasteiger partial charge in [0.25, 0.3) is 0 Å². The molecule has 0 spiro atoms. The lowest BCUT2D eigenvalue weighted by atomic mass is 9.83. The zero-order chi connectivity index (χ0) is 43.4. The third-order valence-corrected chi connectivity index (χ3v) is 12.1. The Hall–Kier alpha value is -4.48. The van der Waals surface area contributed by atoms with Crippen LogP contribution in [-0.2, 0) is 19.1 Å². The molecular formula is C51H70N2O8. The molecule has 2 unspecified atom stereocenters. The molecule has 0 aliphatic heterocycles. The molecule has 3 aromatic rings. The summed E-state index contributed by atoms with van der Waals surface area (Å²) in [6, 6.07) is 19.3. The summed E-state index contributed by atoms with van der Waals surface area (Å²) >= 11 is 0. The molecular weight excluding hydrogens is 769 g/mol. The SMILES string of the molecule is CCCCCOC1CCC(COc2ccc(/C=C/C(=O)C(O)C(c3ccc(N)cc3N)C(O)C(=O)/C=C/c3ccc(OCC4CCC(OCCCCC)CC4)cc3)cc2)CC1. The molecule has 2 aliphatic carbocycles. The number of anilines is 2. The summed E-state index contributed by atoms with van der Waals surface area (Å²) in [7, 11) is 0. The van der Waals surface area contributed by atoms with Crippen LogP contribution in [0.2, 0.25) is 0 Å². The minimum atomic E-state index is -1.78. The summed E-state index contributed by atoms with van der Waals surface area (Å²) in [6.07, 6.45) is 18.5. The molecule has 0 radical (unpaired) electrons. The molecule has 0 aromatic heterocycles. The fourth-order valence-electron chi connectivity index (χ4n) is 8.23. The van der Waals surface area contributed by atoms with Crippen molar-refractivity contribution in [3.63, 3.8) is 0 Å². The van der Waals surface area contributed by atoms with Crippen molar-refractivity contribution in [2.24, 2.45) is 11.8 Å². The first-order chi connectivity index (χ1) is 29.6. The summed E-state index contributed by atoms with van der Waals surface area (Å²) in [5, 5.41) is 22.8. The maximum Gasteiger partial charge on any atom is 0.184 e. The second-order valence-electron chi connectivity index (χ2n) is 17.0. The van der Waals surface area contributed by atoms with Crippen molar-refractivity contribution in [1.82, 2.24) is 0 Å². The summed E-state index contributed by atoms with van der Waals surface area (Å²) in [5.41, 5.74) is 14.4. The molecule has 0 amide bonds. The van der Waals surface area contributed by atoms with E-state index in [4.69, 9.17) is 30.4 Å². The first kappa shape index (κ1) is 47.6. The number of hydrogen-bond acceptors (Lipinski definition) is 10. The number of carbonyl (C=O) groups excluding carboxylic acids is 2. The molecule has 10 nitrogen and oxygen atoms in total. The van der Waals surface area contributed by atoms with Crippen LogP contribution in [0.3, 0.4) is 0 Å². The van der Waals surface area contributed by atoms with E-state index in [2.05, 4.69) is 13.8 Å². The highest BCUT2D eigenvalue weighted by atomic mass is 16.5. The molecule has 3 aromatic carbocycles. The Morgan fingerprint density at radius 2 is 1.05 bits per heavy atom. The Bertz CT molecular complexity index is 1700. The van der Waals surface area contributed by atoms with Gasteiger partial charge in [-0.15, -0.1) is 0 Å². The van der Waals surface area contributed by atoms with E-state index in [0.29, 0.717) is 42.9 Å². The van der Waals surface area contributed by atoms with E-state index in [1.807, 2.05) is 48.5 Å². The van der Waals surface area contributed by atoms with Crippen LogP contribution >= 0.6 is 0 Å². The van der Waals surface area contributed by atoms with Crippen molar-refractivity contribution in [2.75, 3.05) is 37.9 Å². The number of benzene rings is 3. The largest absolute Gasteiger partial charge is 0.493 e. The minimum absolute atomic E-state index is 0.149. The van der Waals surface area contributed by atoms with Crippen LogP contribution in [0.4, 0.5) is 11.4 Å². The predicted molar refractivity (Wildman–Crippen MR) is 244 cm³/mol. The van der Waals surface area contributed by atoms with Crippen LogP contribution in [-0.4, -0.2) is 72.6 Å². The van der Waals surface area contributed by atoms with E-state index in [1.165, 1.54) is 50.0 Å². The van der Waals surface area contributed by atoms with Crippen LogP contribution in [0, 0.1) is 11.8 Å². The van der Waals surface area contributed by atoms with Crippen LogP contribution in [0.25, 0.3) is 12.2 Å². The highest BCUT2D eigenvalue weighted by molar-refractivity contribution is 6.01. The van der Waals surface area contributed by atoms with E-state index in [-0.39, 0.29) is 11.3 Å². The van der Waals surface area contributed by atoms with Crippen molar-refractivity contribution in [3.05, 3.63) is 95.6 Å². The molecule has 0 bridgehead atoms. The molecule has 5 rings (SSSR count). The molecule has 2 fully saturated rings. The second kappa shape index (κ2) is 25.5. The van der Waals surface area contributed by atoms with Crippen molar-refractivity contribution < 1.29 is 38.7 Å². The van der Waals surface area contributed by atoms with Crippen molar-refractivity contribution in [3.8, 4) is 11.5 Å². The van der Waals surface area contributed by atoms with Gasteiger partial charge in [0.1, 0.15) is 23.7 Å². The molecule has 2 atom stereocenters. The summed E-state index contributed by atoms with van der Waals surface area (Å²) in [5.74, 6) is -0.270. The lowest BCUT2D eigenvalue weighted by Gasteiger charge is -2.28. The van der Waals surface area contributed by atoms with Gasteiger partial charge in [0.2, 0.25) is 0 Å². The zero-order valence-electron chi connectivity index (χ0n) is 36.4. The number of unbranched alkanes of at least 4 members (excludes halogenated alkanes) is 4. The summed E-state index contributed by atoms with van der Waals surface area (Å²) in [6.45, 7) is 7.40. The van der Waals surface area contributed by atoms with Gasteiger partial charge in [-0.2, -0.15) is 0 Å². The highest BCUT2D eigenvalue weighted by Gasteiger charge is 2.37. The van der Waals surface area contributed by atoms with Gasteiger partial charge < -0.3 is 40.6 Å². The number of aliphatic hydroxyl groups excluding tert-OH is 2. The van der Waals surface area contributed by atoms with Gasteiger partial charge in [-0.25, -0.2) is 0 Å². The number of carbonyl (C=O) groups is 2. The van der Waals surface area contributed by atoms with Crippen molar-refractivity contribution >= 4 is 35.1 Å². The topological polar surface area (TPSA) is 164 Å². The van der Waals surface area contributed by atoms with E-state index in [0.717, 1.165) is 100 Å². The van der Waals surface area contributed by atoms with Crippen LogP contribution < -0.4 is 20.9 Å². The van der Waals surface area contributed by atoms with Crippen molar-refractivity contribution in [1.29, 1.82) is 0 Å². The first-order valence-electron chi connectivity index (χ1n) is 22.8. The Morgan fingerprint density at radius 1 is 0.623 bits per heavy atom. The lowest BCUT2D eigenvalue weighted by Crippen LogP contribution is -2.39. The van der Waals surface area contributed by atoms with Gasteiger partial charge in [0.15, 0.2) is 11.6 Å². The molecule has 0 saturated heterocycles. The Kier molecular flexibility index (Phi) is 19.8. The van der Waals surface area contributed by atoms with E-state index in [9.17, 15) is 19.8 Å². The van der Waals surface area contributed by atoms with Crippen LogP contribution in [0.15, 0.2) is 78.9 Å². The normalized spacial score (nSPS) is 21.0. The smallest absolute Gasteiger partial charge is 0.184 e. The molecule has 6 N–H and O–H groups in total. The van der Waals surface area contributed by atoms with Crippen LogP contribution in [0.1, 0.15) is 126 Å². The molecule has 2 aliphatic rings. The molecule has 2 saturated carbocycles. The molecule has 61 heavy (non-hydrogen) atoms. The lowest BCUT2D eigenvalue weighted by molar-refractivity contribution is -0.130. The van der Waals surface area contributed by atoms with E-state index >= 15 is 0 Å². The average molecular weight is 839 g/mol. The number of rotatable bonds is 25. The number of hydrogen-bond donors (Lipinski definition) is 4. The molecule has 0 heterocycles. The summed E-state index contributed by atoms with van der Waals surface area (Å²) < 4.78 is 24.3. The average Bonchev–Trinajstić information content (AvgIpc) is 3.28. The van der Waals surface area contributed by atoms with Gasteiger partial charge >= 0.3 is 0 Å². The molecule has 332 valence electrons. The van der Waals surface area contributed by atoms with E-state index < -0.39 is 29.7 Å². The van der Waals surface area contributed by atoms with Gasteiger partial charge in [-0.1, -0.05) is 82.0 Å². The quantitative estimate of drug-likeness (QED) is 0.0367. The fourth-order valence-corrected chi connectivity index (χ4v) is 8.23. The fraction of sp³-hybridized carbons (Fsp3) is 0.529. The first-order valence-corrected chi connectivity index (χ1v) is 22.8. The monoisotopic (exact) mass is 839 g/mol. The maximum atomic E-state index is 13.4. The zero-order valence-corrected chi connectivity index (χ0v) is 36.4. The Balaban J connectivity index is 1.11. The predicted octanol–water partition coefficient (Wildman–Crippen LogP) is 9.51. The van der Waals surface area contributed by atoms with Crippen LogP contribution in [0.5, 0.6) is 11.5 Å². The van der Waals surface area contributed by atoms with Gasteiger partial charge in [0, 0.05) is 24.6 Å². The Labute approximate surface area is 363 Å². The van der Waals surface area contributed by atoms with Gasteiger partial charge in [-0.3, -0.25) is 9.59 Å². The standard InChI is InChI=1S/C51H70N2O8/c1-3-5-7-31-58-41-24-13-38(14-25-41)34-60-43-20-9-36(10-21-43)17-29-47(54)50(56)49(45-28-19-40(52)33-46(45)53)51(57)48(55)30-18-37-11-22-44(23-12-37)61-35-39-15-26-42(27-16-39)59-32-8-6-4-2/h9-12,17-23,28-30,33,38-39,41-42,49-51,56-57H,3-8,13-16,24-27,31-32,34-35,52-53H2,1-2H3/b29-17+,30-18+. The number of nitrogens with two attached hydrogens (primary N) is 2. The third-order valence-electron chi connectivity index (χ3n) is 12.1. The van der Waals surface area contributed by atoms with Gasteiger partial charge in [0.05, 0.1) is 31.3 Å². The number of ketones is 2. The Morgan fingerprint density at radius 3 is 1.44 bits per heavy atom. The maximum absolute atomic E-state index is 13.4.